The van der Waals surface area contributed by atoms with Crippen LogP contribution in [0.1, 0.15) is 44.6 Å². The van der Waals surface area contributed by atoms with E-state index in [9.17, 15) is 4.79 Å². The summed E-state index contributed by atoms with van der Waals surface area (Å²) < 4.78 is 5.58. The van der Waals surface area contributed by atoms with Gasteiger partial charge in [-0.1, -0.05) is 24.6 Å². The molecule has 4 rings (SSSR count). The molecule has 5 heteroatoms. The molecule has 5 nitrogen and oxygen atoms in total. The number of H-pyrrole nitrogens is 1. The van der Waals surface area contributed by atoms with E-state index in [2.05, 4.69) is 17.5 Å². The summed E-state index contributed by atoms with van der Waals surface area (Å²) in [7, 11) is 0. The largest absolute Gasteiger partial charge is 0.444 e. The number of carbonyl (C=O) groups is 1. The van der Waals surface area contributed by atoms with Crippen molar-refractivity contribution in [1.82, 2.24) is 14.9 Å². The van der Waals surface area contributed by atoms with E-state index in [0.29, 0.717) is 12.4 Å². The maximum Gasteiger partial charge on any atom is 0.411 e. The number of nitrogens with zero attached hydrogens (tertiary/aromatic N) is 2. The second kappa shape index (κ2) is 6.42. The number of aromatic amines is 1. The number of nitrogens with one attached hydrogen (secondary N) is 1. The monoisotopic (exact) mass is 373 g/mol. The van der Waals surface area contributed by atoms with Crippen molar-refractivity contribution in [1.29, 1.82) is 0 Å². The second-order valence-corrected chi connectivity index (χ2v) is 8.15. The number of fused-ring (bicyclic) bond motifs is 3. The van der Waals surface area contributed by atoms with Gasteiger partial charge in [0, 0.05) is 17.5 Å². The van der Waals surface area contributed by atoms with Gasteiger partial charge in [-0.2, -0.15) is 0 Å². The van der Waals surface area contributed by atoms with Gasteiger partial charge in [-0.25, -0.2) is 9.78 Å². The van der Waals surface area contributed by atoms with Crippen LogP contribution in [0.5, 0.6) is 0 Å². The van der Waals surface area contributed by atoms with E-state index in [0.717, 1.165) is 39.4 Å². The molecule has 1 fully saturated rings. The van der Waals surface area contributed by atoms with Gasteiger partial charge in [-0.3, -0.25) is 4.90 Å². The summed E-state index contributed by atoms with van der Waals surface area (Å²) in [5.74, 6) is 3.37. The highest BCUT2D eigenvalue weighted by Crippen LogP contribution is 2.37. The predicted molar refractivity (Wildman–Crippen MR) is 111 cm³/mol. The zero-order chi connectivity index (χ0) is 20.1. The van der Waals surface area contributed by atoms with Crippen molar-refractivity contribution in [2.45, 2.75) is 38.8 Å². The van der Waals surface area contributed by atoms with Crippen LogP contribution in [-0.4, -0.2) is 33.1 Å². The fourth-order valence-electron chi connectivity index (χ4n) is 3.65. The average molecular weight is 373 g/mol. The minimum atomic E-state index is -0.551. The summed E-state index contributed by atoms with van der Waals surface area (Å²) >= 11 is 0. The van der Waals surface area contributed by atoms with Gasteiger partial charge in [0.05, 0.1) is 11.0 Å². The third kappa shape index (κ3) is 3.11. The Morgan fingerprint density at radius 1 is 1.36 bits per heavy atom. The SMILES string of the molecule is C#Cc1ccc2c(ccc3[nH]c(C4C(=C)CCN4C(=O)OC(C)(C)C)nc32)c1. The molecule has 0 radical (unpaired) electrons. The molecule has 1 unspecified atom stereocenters. The quantitative estimate of drug-likeness (QED) is 0.486. The number of hydrogen-bond acceptors (Lipinski definition) is 3. The molecule has 1 aromatic heterocycles. The fourth-order valence-corrected chi connectivity index (χ4v) is 3.65. The van der Waals surface area contributed by atoms with Gasteiger partial charge in [0.15, 0.2) is 0 Å². The Labute approximate surface area is 164 Å². The smallest absolute Gasteiger partial charge is 0.411 e. The van der Waals surface area contributed by atoms with Crippen molar-refractivity contribution in [2.24, 2.45) is 0 Å². The summed E-state index contributed by atoms with van der Waals surface area (Å²) in [4.78, 5) is 22.6. The molecule has 1 aliphatic rings. The summed E-state index contributed by atoms with van der Waals surface area (Å²) in [6, 6.07) is 9.58. The lowest BCUT2D eigenvalue weighted by atomic mass is 10.1. The molecule has 0 aliphatic carbocycles. The van der Waals surface area contributed by atoms with Gasteiger partial charge in [0.2, 0.25) is 0 Å². The Morgan fingerprint density at radius 2 is 2.14 bits per heavy atom. The Balaban J connectivity index is 1.77. The molecule has 2 heterocycles. The van der Waals surface area contributed by atoms with Crippen LogP contribution in [0.25, 0.3) is 21.8 Å². The number of amides is 1. The molecule has 28 heavy (non-hydrogen) atoms. The molecular formula is C23H23N3O2. The summed E-state index contributed by atoms with van der Waals surface area (Å²) in [6.07, 6.45) is 5.89. The Kier molecular flexibility index (Phi) is 4.15. The number of rotatable bonds is 1. The summed E-state index contributed by atoms with van der Waals surface area (Å²) in [5, 5.41) is 2.06. The number of hydrogen-bond donors (Lipinski definition) is 1. The lowest BCUT2D eigenvalue weighted by Crippen LogP contribution is -2.36. The van der Waals surface area contributed by atoms with Crippen LogP contribution >= 0.6 is 0 Å². The molecule has 142 valence electrons. The van der Waals surface area contributed by atoms with Gasteiger partial charge in [0.1, 0.15) is 17.5 Å². The Morgan fingerprint density at radius 3 is 2.86 bits per heavy atom. The highest BCUT2D eigenvalue weighted by Gasteiger charge is 2.37. The highest BCUT2D eigenvalue weighted by atomic mass is 16.6. The first kappa shape index (κ1) is 18.1. The number of imidazole rings is 1. The Hall–Kier alpha value is -3.26. The van der Waals surface area contributed by atoms with Crippen molar-refractivity contribution in [2.75, 3.05) is 6.54 Å². The molecular weight excluding hydrogens is 350 g/mol. The zero-order valence-corrected chi connectivity index (χ0v) is 16.4. The standard InChI is InChI=1S/C23H23N3O2/c1-6-15-7-9-17-16(13-15)8-10-18-19(17)25-21(24-18)20-14(2)11-12-26(20)22(27)28-23(3,4)5/h1,7-10,13,20H,2,11-12H2,3-5H3,(H,24,25). The molecule has 1 atom stereocenters. The van der Waals surface area contributed by atoms with Crippen LogP contribution in [0.2, 0.25) is 0 Å². The minimum absolute atomic E-state index is 0.317. The van der Waals surface area contributed by atoms with Gasteiger partial charge >= 0.3 is 6.09 Å². The van der Waals surface area contributed by atoms with Crippen LogP contribution in [-0.2, 0) is 4.74 Å². The number of ether oxygens (including phenoxy) is 1. The second-order valence-electron chi connectivity index (χ2n) is 8.15. The van der Waals surface area contributed by atoms with Crippen LogP contribution in [0.15, 0.2) is 42.5 Å². The molecule has 0 saturated carbocycles. The molecule has 1 aliphatic heterocycles. The first-order valence-corrected chi connectivity index (χ1v) is 9.33. The molecule has 1 amide bonds. The average Bonchev–Trinajstić information content (AvgIpc) is 3.22. The predicted octanol–water partition coefficient (Wildman–Crippen LogP) is 4.94. The number of terminal acetylenes is 1. The molecule has 1 N–H and O–H groups in total. The third-order valence-corrected chi connectivity index (χ3v) is 4.91. The van der Waals surface area contributed by atoms with Crippen molar-refractivity contribution < 1.29 is 9.53 Å². The van der Waals surface area contributed by atoms with Crippen LogP contribution in [0.4, 0.5) is 4.79 Å². The zero-order valence-electron chi connectivity index (χ0n) is 16.4. The number of likely N-dealkylation sites (tertiary alicyclic amines) is 1. The molecule has 2 aromatic carbocycles. The van der Waals surface area contributed by atoms with Gasteiger partial charge in [0.25, 0.3) is 0 Å². The van der Waals surface area contributed by atoms with Crippen LogP contribution in [0, 0.1) is 12.3 Å². The number of carbonyl (C=O) groups excluding carboxylic acids is 1. The van der Waals surface area contributed by atoms with Crippen molar-refractivity contribution in [3.63, 3.8) is 0 Å². The first-order chi connectivity index (χ1) is 13.3. The molecule has 0 bridgehead atoms. The van der Waals surface area contributed by atoms with E-state index in [4.69, 9.17) is 16.1 Å². The van der Waals surface area contributed by atoms with Crippen molar-refractivity contribution >= 4 is 27.9 Å². The minimum Gasteiger partial charge on any atom is -0.444 e. The highest BCUT2D eigenvalue weighted by molar-refractivity contribution is 6.04. The maximum absolute atomic E-state index is 12.7. The first-order valence-electron chi connectivity index (χ1n) is 9.33. The summed E-state index contributed by atoms with van der Waals surface area (Å²) in [6.45, 7) is 10.3. The molecule has 3 aromatic rings. The van der Waals surface area contributed by atoms with Gasteiger partial charge in [-0.15, -0.1) is 6.42 Å². The molecule has 0 spiro atoms. The third-order valence-electron chi connectivity index (χ3n) is 4.91. The Bertz CT molecular complexity index is 1140. The van der Waals surface area contributed by atoms with E-state index in [1.807, 2.05) is 51.1 Å². The van der Waals surface area contributed by atoms with Crippen molar-refractivity contribution in [3.8, 4) is 12.3 Å². The molecule has 1 saturated heterocycles. The van der Waals surface area contributed by atoms with E-state index < -0.39 is 5.60 Å². The van der Waals surface area contributed by atoms with Gasteiger partial charge in [-0.05, 0) is 56.4 Å². The topological polar surface area (TPSA) is 58.2 Å². The van der Waals surface area contributed by atoms with E-state index in [-0.39, 0.29) is 12.1 Å². The summed E-state index contributed by atoms with van der Waals surface area (Å²) in [5.41, 5.74) is 3.01. The lowest BCUT2D eigenvalue weighted by molar-refractivity contribution is 0.0232. The number of benzene rings is 2. The number of aromatic nitrogens is 2. The van der Waals surface area contributed by atoms with Crippen molar-refractivity contribution in [3.05, 3.63) is 53.9 Å². The van der Waals surface area contributed by atoms with Crippen LogP contribution in [0.3, 0.4) is 0 Å². The maximum atomic E-state index is 12.7. The van der Waals surface area contributed by atoms with Crippen LogP contribution < -0.4 is 0 Å². The lowest BCUT2D eigenvalue weighted by Gasteiger charge is -2.27. The van der Waals surface area contributed by atoms with E-state index in [1.165, 1.54) is 0 Å². The van der Waals surface area contributed by atoms with E-state index in [1.54, 1.807) is 4.90 Å². The normalized spacial score (nSPS) is 17.3. The van der Waals surface area contributed by atoms with E-state index >= 15 is 0 Å². The van der Waals surface area contributed by atoms with Gasteiger partial charge < -0.3 is 9.72 Å². The fraction of sp³-hybridized carbons (Fsp3) is 0.304.